The summed E-state index contributed by atoms with van der Waals surface area (Å²) in [7, 11) is 0. The molecule has 0 unspecified atom stereocenters. The van der Waals surface area contributed by atoms with Crippen molar-refractivity contribution in [2.45, 2.75) is 13.2 Å². The normalized spacial score (nSPS) is 10.3. The summed E-state index contributed by atoms with van der Waals surface area (Å²) < 4.78 is 5.94. The SMILES string of the molecule is O=C(NCc1cccnc1)Nc1ccc(OCc2cccnc2-c2ccccc2)cc1. The van der Waals surface area contributed by atoms with Crippen molar-refractivity contribution in [2.75, 3.05) is 5.32 Å². The van der Waals surface area contributed by atoms with Crippen molar-refractivity contribution in [2.24, 2.45) is 0 Å². The van der Waals surface area contributed by atoms with Crippen molar-refractivity contribution in [1.29, 1.82) is 0 Å². The van der Waals surface area contributed by atoms with Crippen LogP contribution in [-0.2, 0) is 13.2 Å². The molecule has 0 radical (unpaired) electrons. The van der Waals surface area contributed by atoms with Crippen LogP contribution >= 0.6 is 0 Å². The summed E-state index contributed by atoms with van der Waals surface area (Å²) in [4.78, 5) is 20.6. The molecule has 2 aromatic heterocycles. The first-order valence-corrected chi connectivity index (χ1v) is 9.94. The smallest absolute Gasteiger partial charge is 0.319 e. The topological polar surface area (TPSA) is 76.1 Å². The van der Waals surface area contributed by atoms with E-state index in [1.54, 1.807) is 30.7 Å². The van der Waals surface area contributed by atoms with Gasteiger partial charge < -0.3 is 15.4 Å². The van der Waals surface area contributed by atoms with Gasteiger partial charge in [0.15, 0.2) is 0 Å². The molecule has 2 N–H and O–H groups in total. The lowest BCUT2D eigenvalue weighted by atomic mass is 10.1. The third-order valence-corrected chi connectivity index (χ3v) is 4.62. The zero-order chi connectivity index (χ0) is 21.3. The molecule has 2 aromatic carbocycles. The predicted molar refractivity (Wildman–Crippen MR) is 121 cm³/mol. The lowest BCUT2D eigenvalue weighted by Gasteiger charge is -2.11. The summed E-state index contributed by atoms with van der Waals surface area (Å²) in [5, 5.41) is 5.61. The minimum absolute atomic E-state index is 0.277. The van der Waals surface area contributed by atoms with Crippen LogP contribution in [0.2, 0.25) is 0 Å². The average Bonchev–Trinajstić information content (AvgIpc) is 2.84. The Morgan fingerprint density at radius 2 is 1.68 bits per heavy atom. The molecule has 0 aliphatic rings. The molecule has 0 atom stereocenters. The molecular weight excluding hydrogens is 388 g/mol. The highest BCUT2D eigenvalue weighted by Crippen LogP contribution is 2.23. The summed E-state index contributed by atoms with van der Waals surface area (Å²) in [6, 6.07) is 24.7. The summed E-state index contributed by atoms with van der Waals surface area (Å²) in [6.07, 6.45) is 5.20. The van der Waals surface area contributed by atoms with Gasteiger partial charge >= 0.3 is 6.03 Å². The Morgan fingerprint density at radius 3 is 2.45 bits per heavy atom. The monoisotopic (exact) mass is 410 g/mol. The second-order valence-corrected chi connectivity index (χ2v) is 6.86. The van der Waals surface area contributed by atoms with E-state index in [2.05, 4.69) is 20.6 Å². The number of nitrogens with zero attached hydrogens (tertiary/aromatic N) is 2. The highest BCUT2D eigenvalue weighted by Gasteiger charge is 2.07. The number of ether oxygens (including phenoxy) is 1. The van der Waals surface area contributed by atoms with E-state index in [1.807, 2.05) is 66.7 Å². The largest absolute Gasteiger partial charge is 0.489 e. The molecule has 0 aliphatic heterocycles. The van der Waals surface area contributed by atoms with Gasteiger partial charge in [-0.25, -0.2) is 4.79 Å². The number of urea groups is 1. The third kappa shape index (κ3) is 5.67. The molecule has 0 bridgehead atoms. The van der Waals surface area contributed by atoms with Crippen LogP contribution < -0.4 is 15.4 Å². The van der Waals surface area contributed by atoms with Crippen LogP contribution in [-0.4, -0.2) is 16.0 Å². The van der Waals surface area contributed by atoms with Gasteiger partial charge in [-0.1, -0.05) is 42.5 Å². The van der Waals surface area contributed by atoms with Crippen LogP contribution in [0.1, 0.15) is 11.1 Å². The molecular formula is C25H22N4O2. The van der Waals surface area contributed by atoms with E-state index < -0.39 is 0 Å². The maximum atomic E-state index is 12.1. The second kappa shape index (κ2) is 10.0. The highest BCUT2D eigenvalue weighted by atomic mass is 16.5. The molecule has 0 aliphatic carbocycles. The van der Waals surface area contributed by atoms with Crippen LogP contribution in [0, 0.1) is 0 Å². The van der Waals surface area contributed by atoms with Crippen molar-refractivity contribution in [1.82, 2.24) is 15.3 Å². The van der Waals surface area contributed by atoms with Crippen LogP contribution in [0.15, 0.2) is 97.5 Å². The lowest BCUT2D eigenvalue weighted by molar-refractivity contribution is 0.251. The number of benzene rings is 2. The number of nitrogens with one attached hydrogen (secondary N) is 2. The number of carbonyl (C=O) groups excluding carboxylic acids is 1. The highest BCUT2D eigenvalue weighted by molar-refractivity contribution is 5.89. The van der Waals surface area contributed by atoms with Gasteiger partial charge in [-0.15, -0.1) is 0 Å². The van der Waals surface area contributed by atoms with E-state index >= 15 is 0 Å². The van der Waals surface area contributed by atoms with Crippen molar-refractivity contribution >= 4 is 11.7 Å². The fourth-order valence-electron chi connectivity index (χ4n) is 3.07. The molecule has 6 nitrogen and oxygen atoms in total. The van der Waals surface area contributed by atoms with Gasteiger partial charge in [0, 0.05) is 41.9 Å². The van der Waals surface area contributed by atoms with Crippen molar-refractivity contribution in [3.05, 3.63) is 109 Å². The summed E-state index contributed by atoms with van der Waals surface area (Å²) in [5.41, 5.74) is 4.59. The van der Waals surface area contributed by atoms with Crippen LogP contribution in [0.25, 0.3) is 11.3 Å². The van der Waals surface area contributed by atoms with Gasteiger partial charge in [-0.05, 0) is 42.0 Å². The van der Waals surface area contributed by atoms with Gasteiger partial charge in [-0.2, -0.15) is 0 Å². The number of rotatable bonds is 7. The zero-order valence-corrected chi connectivity index (χ0v) is 16.9. The number of pyridine rings is 2. The van der Waals surface area contributed by atoms with Gasteiger partial charge in [0.2, 0.25) is 0 Å². The Bertz CT molecular complexity index is 1120. The second-order valence-electron chi connectivity index (χ2n) is 6.86. The Morgan fingerprint density at radius 1 is 0.871 bits per heavy atom. The summed E-state index contributed by atoms with van der Waals surface area (Å²) in [5.74, 6) is 0.712. The number of hydrogen-bond acceptors (Lipinski definition) is 4. The first-order valence-electron chi connectivity index (χ1n) is 9.94. The number of hydrogen-bond donors (Lipinski definition) is 2. The molecule has 0 spiro atoms. The van der Waals surface area contributed by atoms with E-state index in [4.69, 9.17) is 4.74 Å². The molecule has 4 aromatic rings. The lowest BCUT2D eigenvalue weighted by Crippen LogP contribution is -2.28. The quantitative estimate of drug-likeness (QED) is 0.447. The Kier molecular flexibility index (Phi) is 6.50. The Hall–Kier alpha value is -4.19. The summed E-state index contributed by atoms with van der Waals surface area (Å²) >= 11 is 0. The first-order chi connectivity index (χ1) is 15.3. The van der Waals surface area contributed by atoms with E-state index in [1.165, 1.54) is 0 Å². The van der Waals surface area contributed by atoms with E-state index in [-0.39, 0.29) is 6.03 Å². The molecule has 6 heteroatoms. The van der Waals surface area contributed by atoms with Gasteiger partial charge in [-0.3, -0.25) is 9.97 Å². The Balaban J connectivity index is 1.32. The molecule has 2 amide bonds. The molecule has 0 fully saturated rings. The van der Waals surface area contributed by atoms with Gasteiger partial charge in [0.25, 0.3) is 0 Å². The van der Waals surface area contributed by atoms with E-state index in [0.717, 1.165) is 22.4 Å². The maximum Gasteiger partial charge on any atom is 0.319 e. The fraction of sp³-hybridized carbons (Fsp3) is 0.0800. The van der Waals surface area contributed by atoms with Gasteiger partial charge in [0.1, 0.15) is 12.4 Å². The van der Waals surface area contributed by atoms with Crippen LogP contribution in [0.5, 0.6) is 5.75 Å². The predicted octanol–water partition coefficient (Wildman–Crippen LogP) is 5.04. The molecule has 4 rings (SSSR count). The van der Waals surface area contributed by atoms with Crippen molar-refractivity contribution in [3.8, 4) is 17.0 Å². The average molecular weight is 410 g/mol. The van der Waals surface area contributed by atoms with E-state index in [9.17, 15) is 4.79 Å². The molecule has 154 valence electrons. The fourth-order valence-corrected chi connectivity index (χ4v) is 3.07. The molecule has 0 saturated carbocycles. The molecule has 2 heterocycles. The Labute approximate surface area is 181 Å². The van der Waals surface area contributed by atoms with Crippen molar-refractivity contribution < 1.29 is 9.53 Å². The number of carbonyl (C=O) groups is 1. The molecule has 0 saturated heterocycles. The van der Waals surface area contributed by atoms with Gasteiger partial charge in [0.05, 0.1) is 5.69 Å². The third-order valence-electron chi connectivity index (χ3n) is 4.62. The first kappa shape index (κ1) is 20.1. The molecule has 31 heavy (non-hydrogen) atoms. The van der Waals surface area contributed by atoms with Crippen LogP contribution in [0.3, 0.4) is 0 Å². The number of aromatic nitrogens is 2. The minimum atomic E-state index is -0.277. The maximum absolute atomic E-state index is 12.1. The van der Waals surface area contributed by atoms with Crippen LogP contribution in [0.4, 0.5) is 10.5 Å². The van der Waals surface area contributed by atoms with E-state index in [0.29, 0.717) is 24.6 Å². The van der Waals surface area contributed by atoms with Crippen molar-refractivity contribution in [3.63, 3.8) is 0 Å². The summed E-state index contributed by atoms with van der Waals surface area (Å²) in [6.45, 7) is 0.812. The number of amides is 2. The minimum Gasteiger partial charge on any atom is -0.489 e. The standard InChI is InChI=1S/C25H22N4O2/c30-25(28-17-19-6-4-14-26-16-19)29-22-10-12-23(13-11-22)31-18-21-9-5-15-27-24(21)20-7-2-1-3-8-20/h1-16H,17-18H2,(H2,28,29,30). The number of anilines is 1. The zero-order valence-electron chi connectivity index (χ0n) is 16.9.